The van der Waals surface area contributed by atoms with Crippen LogP contribution in [0, 0.1) is 10.1 Å². The van der Waals surface area contributed by atoms with Crippen LogP contribution < -0.4 is 5.73 Å². The van der Waals surface area contributed by atoms with Crippen LogP contribution in [0.15, 0.2) is 65.4 Å². The molecule has 1 unspecified atom stereocenters. The summed E-state index contributed by atoms with van der Waals surface area (Å²) in [4.78, 5) is 16.7. The Bertz CT molecular complexity index is 832. The Balaban J connectivity index is 1.72. The van der Waals surface area contributed by atoms with Gasteiger partial charge >= 0.3 is 0 Å². The van der Waals surface area contributed by atoms with Gasteiger partial charge in [-0.25, -0.2) is 4.99 Å². The molecule has 0 spiro atoms. The van der Waals surface area contributed by atoms with Gasteiger partial charge in [0.05, 0.1) is 23.8 Å². The first kappa shape index (κ1) is 17.6. The third-order valence-electron chi connectivity index (χ3n) is 4.01. The number of hydrogen-bond donors (Lipinski definition) is 1. The Labute approximate surface area is 151 Å². The molecule has 1 aliphatic heterocycles. The number of aliphatic imine (C=N–C) groups is 1. The first-order chi connectivity index (χ1) is 12.6. The zero-order valence-corrected chi connectivity index (χ0v) is 14.4. The van der Waals surface area contributed by atoms with Crippen molar-refractivity contribution in [2.75, 3.05) is 6.54 Å². The summed E-state index contributed by atoms with van der Waals surface area (Å²) >= 11 is 0. The first-order valence-electron chi connectivity index (χ1n) is 8.25. The molecule has 1 aliphatic rings. The summed E-state index contributed by atoms with van der Waals surface area (Å²) in [7, 11) is 0. The number of nitrogens with two attached hydrogens (primary N) is 1. The van der Waals surface area contributed by atoms with Gasteiger partial charge < -0.3 is 15.4 Å². The van der Waals surface area contributed by atoms with Gasteiger partial charge in [-0.2, -0.15) is 0 Å². The fraction of sp³-hybridized carbons (Fsp3) is 0.211. The molecule has 3 rings (SSSR count). The summed E-state index contributed by atoms with van der Waals surface area (Å²) in [6.45, 7) is 3.03. The van der Waals surface area contributed by atoms with Gasteiger partial charge in [0.2, 0.25) is 0 Å². The van der Waals surface area contributed by atoms with E-state index >= 15 is 0 Å². The molecule has 0 aromatic heterocycles. The SMILES string of the molecule is CC=N/C(=C(\N)c1ccc([N+](=O)[O-])cc1)N1CC1OCc1ccccc1. The molecule has 0 amide bonds. The van der Waals surface area contributed by atoms with E-state index in [1.54, 1.807) is 18.3 Å². The van der Waals surface area contributed by atoms with Crippen molar-refractivity contribution >= 4 is 17.6 Å². The van der Waals surface area contributed by atoms with Gasteiger partial charge in [-0.15, -0.1) is 0 Å². The molecule has 1 fully saturated rings. The van der Waals surface area contributed by atoms with Gasteiger partial charge in [0.25, 0.3) is 5.69 Å². The van der Waals surface area contributed by atoms with Crippen molar-refractivity contribution in [3.8, 4) is 0 Å². The topological polar surface area (TPSA) is 93.8 Å². The van der Waals surface area contributed by atoms with Crippen molar-refractivity contribution in [2.24, 2.45) is 10.7 Å². The van der Waals surface area contributed by atoms with Crippen LogP contribution in [-0.4, -0.2) is 28.8 Å². The maximum atomic E-state index is 10.8. The lowest BCUT2D eigenvalue weighted by atomic mass is 10.1. The lowest BCUT2D eigenvalue weighted by Crippen LogP contribution is -2.11. The Morgan fingerprint density at radius 3 is 2.62 bits per heavy atom. The quantitative estimate of drug-likeness (QED) is 0.358. The largest absolute Gasteiger partial charge is 0.395 e. The fourth-order valence-corrected chi connectivity index (χ4v) is 2.57. The molecule has 2 aromatic carbocycles. The molecule has 7 heteroatoms. The van der Waals surface area contributed by atoms with E-state index < -0.39 is 4.92 Å². The molecule has 1 atom stereocenters. The zero-order chi connectivity index (χ0) is 18.5. The van der Waals surface area contributed by atoms with Gasteiger partial charge in [-0.3, -0.25) is 10.1 Å². The highest BCUT2D eigenvalue weighted by Gasteiger charge is 2.38. The minimum absolute atomic E-state index is 0.0258. The maximum Gasteiger partial charge on any atom is 0.269 e. The predicted molar refractivity (Wildman–Crippen MR) is 100 cm³/mol. The molecule has 2 aromatic rings. The Hall–Kier alpha value is -3.19. The van der Waals surface area contributed by atoms with Crippen LogP contribution in [0.3, 0.4) is 0 Å². The average molecular weight is 352 g/mol. The molecule has 26 heavy (non-hydrogen) atoms. The number of rotatable bonds is 7. The lowest BCUT2D eigenvalue weighted by molar-refractivity contribution is -0.384. The number of ether oxygens (including phenoxy) is 1. The Morgan fingerprint density at radius 2 is 2.00 bits per heavy atom. The Kier molecular flexibility index (Phi) is 5.28. The van der Waals surface area contributed by atoms with Crippen LogP contribution in [0.4, 0.5) is 5.69 Å². The number of nitro benzene ring substituents is 1. The van der Waals surface area contributed by atoms with E-state index in [4.69, 9.17) is 10.5 Å². The van der Waals surface area contributed by atoms with E-state index in [1.807, 2.05) is 42.2 Å². The maximum absolute atomic E-state index is 10.8. The van der Waals surface area contributed by atoms with Gasteiger partial charge in [-0.05, 0) is 24.6 Å². The molecule has 0 radical (unpaired) electrons. The number of non-ortho nitro benzene ring substituents is 1. The van der Waals surface area contributed by atoms with E-state index in [-0.39, 0.29) is 11.9 Å². The van der Waals surface area contributed by atoms with Crippen LogP contribution in [0.25, 0.3) is 5.70 Å². The third kappa shape index (κ3) is 4.07. The van der Waals surface area contributed by atoms with Crippen molar-refractivity contribution < 1.29 is 9.66 Å². The van der Waals surface area contributed by atoms with Crippen LogP contribution >= 0.6 is 0 Å². The second-order valence-electron chi connectivity index (χ2n) is 5.83. The minimum atomic E-state index is -0.438. The molecule has 134 valence electrons. The molecule has 7 nitrogen and oxygen atoms in total. The van der Waals surface area contributed by atoms with E-state index in [9.17, 15) is 10.1 Å². The predicted octanol–water partition coefficient (Wildman–Crippen LogP) is 3.13. The van der Waals surface area contributed by atoms with Crippen molar-refractivity contribution in [2.45, 2.75) is 19.8 Å². The summed E-state index contributed by atoms with van der Waals surface area (Å²) in [5.41, 5.74) is 8.54. The first-order valence-corrected chi connectivity index (χ1v) is 8.25. The van der Waals surface area contributed by atoms with Crippen LogP contribution in [0.1, 0.15) is 18.1 Å². The number of benzene rings is 2. The standard InChI is InChI=1S/C19H20N4O3/c1-2-21-19(18(20)15-8-10-16(11-9-15)23(24)25)22-12-17(22)26-13-14-6-4-3-5-7-14/h2-11,17H,12-13,20H2,1H3/b19-18+,21-2?. The molecule has 0 bridgehead atoms. The lowest BCUT2D eigenvalue weighted by Gasteiger charge is -2.11. The van der Waals surface area contributed by atoms with Gasteiger partial charge in [0, 0.05) is 23.9 Å². The second-order valence-corrected chi connectivity index (χ2v) is 5.83. The minimum Gasteiger partial charge on any atom is -0.395 e. The van der Waals surface area contributed by atoms with Crippen molar-refractivity contribution in [1.29, 1.82) is 0 Å². The van der Waals surface area contributed by atoms with Crippen LogP contribution in [0.5, 0.6) is 0 Å². The van der Waals surface area contributed by atoms with E-state index in [1.165, 1.54) is 12.1 Å². The van der Waals surface area contributed by atoms with Crippen molar-refractivity contribution in [3.05, 3.63) is 81.7 Å². The third-order valence-corrected chi connectivity index (χ3v) is 4.01. The second kappa shape index (κ2) is 7.79. The molecular formula is C19H20N4O3. The summed E-state index contributed by atoms with van der Waals surface area (Å²) in [6, 6.07) is 16.1. The molecular weight excluding hydrogens is 332 g/mol. The number of hydrogen-bond acceptors (Lipinski definition) is 6. The van der Waals surface area contributed by atoms with Crippen molar-refractivity contribution in [1.82, 2.24) is 4.90 Å². The highest BCUT2D eigenvalue weighted by molar-refractivity contribution is 5.69. The number of nitro groups is 1. The molecule has 0 saturated carbocycles. The molecule has 2 N–H and O–H groups in total. The summed E-state index contributed by atoms with van der Waals surface area (Å²) in [5.74, 6) is 0.611. The smallest absolute Gasteiger partial charge is 0.269 e. The highest BCUT2D eigenvalue weighted by atomic mass is 16.6. The van der Waals surface area contributed by atoms with Crippen LogP contribution in [0.2, 0.25) is 0 Å². The highest BCUT2D eigenvalue weighted by Crippen LogP contribution is 2.31. The summed E-state index contributed by atoms with van der Waals surface area (Å²) < 4.78 is 5.89. The van der Waals surface area contributed by atoms with Crippen LogP contribution in [-0.2, 0) is 11.3 Å². The van der Waals surface area contributed by atoms with Gasteiger partial charge in [0.15, 0.2) is 5.82 Å². The van der Waals surface area contributed by atoms with E-state index in [0.29, 0.717) is 30.2 Å². The Morgan fingerprint density at radius 1 is 1.31 bits per heavy atom. The molecule has 0 aliphatic carbocycles. The summed E-state index contributed by atoms with van der Waals surface area (Å²) in [6.07, 6.45) is 1.59. The normalized spacial score (nSPS) is 17.3. The van der Waals surface area contributed by atoms with E-state index in [2.05, 4.69) is 4.99 Å². The molecule has 1 heterocycles. The van der Waals surface area contributed by atoms with Crippen molar-refractivity contribution in [3.63, 3.8) is 0 Å². The molecule has 1 saturated heterocycles. The zero-order valence-electron chi connectivity index (χ0n) is 14.4. The summed E-state index contributed by atoms with van der Waals surface area (Å²) in [5, 5.41) is 10.8. The monoisotopic (exact) mass is 352 g/mol. The van der Waals surface area contributed by atoms with E-state index in [0.717, 1.165) is 5.56 Å². The van der Waals surface area contributed by atoms with Gasteiger partial charge in [0.1, 0.15) is 6.23 Å². The average Bonchev–Trinajstić information content (AvgIpc) is 3.44. The fourth-order valence-electron chi connectivity index (χ4n) is 2.57. The van der Waals surface area contributed by atoms with Gasteiger partial charge in [-0.1, -0.05) is 30.3 Å². The number of nitrogens with zero attached hydrogens (tertiary/aromatic N) is 3.